The van der Waals surface area contributed by atoms with Crippen LogP contribution in [-0.4, -0.2) is 13.4 Å². The summed E-state index contributed by atoms with van der Waals surface area (Å²) in [5.74, 6) is -1.19. The van der Waals surface area contributed by atoms with Crippen LogP contribution in [-0.2, 0) is 10.0 Å². The van der Waals surface area contributed by atoms with Crippen molar-refractivity contribution in [3.05, 3.63) is 23.2 Å². The van der Waals surface area contributed by atoms with Gasteiger partial charge >= 0.3 is 0 Å². The molecule has 0 spiro atoms. The standard InChI is InChI=1S/C5H4ClFN2O2S/c6-4-2-1-3(5(7)9-4)12(8,10)11/h1-2H,(H2,8,10,11). The Hall–Kier alpha value is -0.720. The summed E-state index contributed by atoms with van der Waals surface area (Å²) in [6, 6.07) is 2.10. The lowest BCUT2D eigenvalue weighted by molar-refractivity contribution is 0.539. The van der Waals surface area contributed by atoms with E-state index < -0.39 is 20.9 Å². The number of nitrogens with two attached hydrogens (primary N) is 1. The first kappa shape index (κ1) is 9.37. The second-order valence-corrected chi connectivity index (χ2v) is 3.89. The molecule has 0 fully saturated rings. The molecule has 2 N–H and O–H groups in total. The first-order valence-electron chi connectivity index (χ1n) is 2.76. The predicted octanol–water partition coefficient (Wildman–Crippen LogP) is 0.522. The van der Waals surface area contributed by atoms with Crippen LogP contribution in [0.15, 0.2) is 17.0 Å². The van der Waals surface area contributed by atoms with Crippen molar-refractivity contribution in [2.45, 2.75) is 4.90 Å². The highest BCUT2D eigenvalue weighted by Crippen LogP contribution is 2.13. The molecule has 66 valence electrons. The zero-order chi connectivity index (χ0) is 9.35. The summed E-state index contributed by atoms with van der Waals surface area (Å²) < 4.78 is 33.9. The molecule has 0 aliphatic heterocycles. The van der Waals surface area contributed by atoms with Crippen molar-refractivity contribution in [1.82, 2.24) is 4.98 Å². The van der Waals surface area contributed by atoms with E-state index in [2.05, 4.69) is 10.1 Å². The topological polar surface area (TPSA) is 73.1 Å². The van der Waals surface area contributed by atoms with Gasteiger partial charge in [-0.1, -0.05) is 11.6 Å². The summed E-state index contributed by atoms with van der Waals surface area (Å²) in [5, 5.41) is 4.53. The first-order valence-corrected chi connectivity index (χ1v) is 4.68. The van der Waals surface area contributed by atoms with Gasteiger partial charge in [-0.15, -0.1) is 0 Å². The molecule has 7 heteroatoms. The second kappa shape index (κ2) is 2.96. The monoisotopic (exact) mass is 210 g/mol. The molecular formula is C5H4ClFN2O2S. The van der Waals surface area contributed by atoms with Gasteiger partial charge in [-0.2, -0.15) is 4.39 Å². The average molecular weight is 211 g/mol. The van der Waals surface area contributed by atoms with E-state index in [-0.39, 0.29) is 5.15 Å². The number of hydrogen-bond acceptors (Lipinski definition) is 3. The van der Waals surface area contributed by atoms with Crippen molar-refractivity contribution in [2.24, 2.45) is 5.14 Å². The van der Waals surface area contributed by atoms with E-state index >= 15 is 0 Å². The molecule has 0 saturated carbocycles. The van der Waals surface area contributed by atoms with Gasteiger partial charge in [-0.3, -0.25) is 0 Å². The van der Waals surface area contributed by atoms with Gasteiger partial charge in [0.15, 0.2) is 0 Å². The fourth-order valence-corrected chi connectivity index (χ4v) is 1.29. The Bertz CT molecular complexity index is 406. The molecule has 1 aromatic heterocycles. The van der Waals surface area contributed by atoms with E-state index in [0.717, 1.165) is 12.1 Å². The first-order chi connectivity index (χ1) is 5.41. The third kappa shape index (κ3) is 1.90. The summed E-state index contributed by atoms with van der Waals surface area (Å²) in [4.78, 5) is 2.42. The van der Waals surface area contributed by atoms with Gasteiger partial charge in [0, 0.05) is 0 Å². The number of primary sulfonamides is 1. The van der Waals surface area contributed by atoms with Crippen LogP contribution in [0.5, 0.6) is 0 Å². The van der Waals surface area contributed by atoms with Crippen molar-refractivity contribution in [1.29, 1.82) is 0 Å². The van der Waals surface area contributed by atoms with E-state index in [9.17, 15) is 12.8 Å². The minimum Gasteiger partial charge on any atom is -0.224 e. The van der Waals surface area contributed by atoms with Gasteiger partial charge in [0.05, 0.1) is 0 Å². The van der Waals surface area contributed by atoms with Crippen LogP contribution in [0.25, 0.3) is 0 Å². The highest BCUT2D eigenvalue weighted by Gasteiger charge is 2.14. The number of hydrogen-bond donors (Lipinski definition) is 1. The molecule has 1 aromatic rings. The molecule has 0 saturated heterocycles. The minimum atomic E-state index is -4.05. The van der Waals surface area contributed by atoms with E-state index in [4.69, 9.17) is 11.6 Å². The molecule has 12 heavy (non-hydrogen) atoms. The zero-order valence-electron chi connectivity index (χ0n) is 5.66. The average Bonchev–Trinajstić information content (AvgIpc) is 1.83. The predicted molar refractivity (Wildman–Crippen MR) is 40.6 cm³/mol. The van der Waals surface area contributed by atoms with Gasteiger partial charge in [0.2, 0.25) is 16.0 Å². The molecular weight excluding hydrogens is 207 g/mol. The van der Waals surface area contributed by atoms with Crippen LogP contribution in [0.1, 0.15) is 0 Å². The third-order valence-corrected chi connectivity index (χ3v) is 2.22. The molecule has 0 unspecified atom stereocenters. The Morgan fingerprint density at radius 2 is 2.08 bits per heavy atom. The highest BCUT2D eigenvalue weighted by atomic mass is 35.5. The van der Waals surface area contributed by atoms with Crippen molar-refractivity contribution in [3.63, 3.8) is 0 Å². The second-order valence-electron chi connectivity index (χ2n) is 1.97. The van der Waals surface area contributed by atoms with Crippen molar-refractivity contribution in [3.8, 4) is 0 Å². The smallest absolute Gasteiger partial charge is 0.224 e. The van der Waals surface area contributed by atoms with Gasteiger partial charge in [-0.25, -0.2) is 18.5 Å². The molecule has 1 heterocycles. The number of nitrogens with zero attached hydrogens (tertiary/aromatic N) is 1. The Morgan fingerprint density at radius 1 is 1.50 bits per heavy atom. The minimum absolute atomic E-state index is 0.125. The fourth-order valence-electron chi connectivity index (χ4n) is 0.612. The molecule has 0 amide bonds. The number of halogens is 2. The molecule has 0 atom stereocenters. The van der Waals surface area contributed by atoms with Crippen LogP contribution in [0, 0.1) is 5.95 Å². The van der Waals surface area contributed by atoms with Crippen LogP contribution in [0.4, 0.5) is 4.39 Å². The van der Waals surface area contributed by atoms with Crippen molar-refractivity contribution >= 4 is 21.6 Å². The summed E-state index contributed by atoms with van der Waals surface area (Å²) >= 11 is 5.28. The summed E-state index contributed by atoms with van der Waals surface area (Å²) in [6.45, 7) is 0. The number of sulfonamides is 1. The van der Waals surface area contributed by atoms with E-state index in [0.29, 0.717) is 0 Å². The lowest BCUT2D eigenvalue weighted by Crippen LogP contribution is -2.14. The Kier molecular flexibility index (Phi) is 2.31. The number of pyridine rings is 1. The number of rotatable bonds is 1. The lowest BCUT2D eigenvalue weighted by Gasteiger charge is -1.98. The largest absolute Gasteiger partial charge is 0.242 e. The SMILES string of the molecule is NS(=O)(=O)c1ccc(Cl)nc1F. The number of aromatic nitrogens is 1. The fraction of sp³-hybridized carbons (Fsp3) is 0. The molecule has 0 radical (unpaired) electrons. The van der Waals surface area contributed by atoms with Crippen LogP contribution < -0.4 is 5.14 Å². The maximum absolute atomic E-state index is 12.7. The Balaban J connectivity index is 3.39. The van der Waals surface area contributed by atoms with Gasteiger partial charge in [0.1, 0.15) is 10.0 Å². The van der Waals surface area contributed by atoms with Gasteiger partial charge in [0.25, 0.3) is 0 Å². The summed E-state index contributed by atoms with van der Waals surface area (Å²) in [7, 11) is -4.05. The van der Waals surface area contributed by atoms with Crippen molar-refractivity contribution < 1.29 is 12.8 Å². The zero-order valence-corrected chi connectivity index (χ0v) is 7.23. The van der Waals surface area contributed by atoms with Crippen LogP contribution >= 0.6 is 11.6 Å². The normalized spacial score (nSPS) is 11.6. The van der Waals surface area contributed by atoms with E-state index in [1.165, 1.54) is 0 Å². The molecule has 0 bridgehead atoms. The highest BCUT2D eigenvalue weighted by molar-refractivity contribution is 7.89. The Labute approximate surface area is 73.2 Å². The molecule has 1 rings (SSSR count). The maximum Gasteiger partial charge on any atom is 0.242 e. The van der Waals surface area contributed by atoms with Gasteiger partial charge in [-0.05, 0) is 12.1 Å². The molecule has 0 aliphatic rings. The molecule has 0 aliphatic carbocycles. The summed E-state index contributed by atoms with van der Waals surface area (Å²) in [6.07, 6.45) is 0. The quantitative estimate of drug-likeness (QED) is 0.687. The Morgan fingerprint density at radius 3 is 2.50 bits per heavy atom. The van der Waals surface area contributed by atoms with Crippen molar-refractivity contribution in [2.75, 3.05) is 0 Å². The van der Waals surface area contributed by atoms with E-state index in [1.807, 2.05) is 0 Å². The van der Waals surface area contributed by atoms with E-state index in [1.54, 1.807) is 0 Å². The lowest BCUT2D eigenvalue weighted by atomic mass is 10.5. The van der Waals surface area contributed by atoms with Crippen LogP contribution in [0.2, 0.25) is 5.15 Å². The summed E-state index contributed by atoms with van der Waals surface area (Å²) in [5.41, 5.74) is 0. The van der Waals surface area contributed by atoms with Gasteiger partial charge < -0.3 is 0 Å². The maximum atomic E-state index is 12.7. The third-order valence-electron chi connectivity index (χ3n) is 1.09. The molecule has 0 aromatic carbocycles. The van der Waals surface area contributed by atoms with Crippen LogP contribution in [0.3, 0.4) is 0 Å². The molecule has 4 nitrogen and oxygen atoms in total.